The van der Waals surface area contributed by atoms with E-state index in [1.165, 1.54) is 51.4 Å². The molecule has 0 bridgehead atoms. The Morgan fingerprint density at radius 3 is 1.39 bits per heavy atom. The summed E-state index contributed by atoms with van der Waals surface area (Å²) < 4.78 is 26.3. The van der Waals surface area contributed by atoms with Gasteiger partial charge in [-0.3, -0.25) is 14.1 Å². The summed E-state index contributed by atoms with van der Waals surface area (Å²) in [6.07, 6.45) is 54.3. The van der Waals surface area contributed by atoms with Crippen molar-refractivity contribution in [1.29, 1.82) is 0 Å². The lowest BCUT2D eigenvalue weighted by molar-refractivity contribution is -0.161. The molecule has 0 fully saturated rings. The van der Waals surface area contributed by atoms with Crippen LogP contribution in [0, 0.1) is 0 Å². The van der Waals surface area contributed by atoms with Crippen LogP contribution in [0.4, 0.5) is 0 Å². The molecule has 0 radical (unpaired) electrons. The molecule has 0 heterocycles. The zero-order valence-electron chi connectivity index (χ0n) is 33.6. The van der Waals surface area contributed by atoms with Gasteiger partial charge >= 0.3 is 19.8 Å². The number of unbranched alkanes of at least 4 members (excludes halogenated alkanes) is 10. The van der Waals surface area contributed by atoms with Crippen LogP contribution in [0.15, 0.2) is 97.2 Å². The third kappa shape index (κ3) is 41.7. The van der Waals surface area contributed by atoms with Gasteiger partial charge < -0.3 is 19.3 Å². The Hall–Kier alpha value is -3.03. The van der Waals surface area contributed by atoms with Crippen LogP contribution in [0.25, 0.3) is 0 Å². The number of phosphoric acid groups is 1. The van der Waals surface area contributed by atoms with Crippen LogP contribution >= 0.6 is 7.82 Å². The van der Waals surface area contributed by atoms with Crippen LogP contribution < -0.4 is 0 Å². The number of hydrogen-bond acceptors (Lipinski definition) is 6. The minimum absolute atomic E-state index is 0.121. The number of carbonyl (C=O) groups excluding carboxylic acids is 2. The maximum atomic E-state index is 12.4. The lowest BCUT2D eigenvalue weighted by Crippen LogP contribution is -2.29. The van der Waals surface area contributed by atoms with Gasteiger partial charge in [0, 0.05) is 12.8 Å². The minimum atomic E-state index is -4.78. The fourth-order valence-electron chi connectivity index (χ4n) is 5.06. The van der Waals surface area contributed by atoms with Gasteiger partial charge in [-0.15, -0.1) is 0 Å². The summed E-state index contributed by atoms with van der Waals surface area (Å²) in [4.78, 5) is 42.8. The first-order valence-corrected chi connectivity index (χ1v) is 22.1. The molecule has 0 spiro atoms. The van der Waals surface area contributed by atoms with E-state index in [0.717, 1.165) is 57.8 Å². The van der Waals surface area contributed by atoms with Crippen LogP contribution in [0.1, 0.15) is 155 Å². The second kappa shape index (κ2) is 39.7. The third-order valence-electron chi connectivity index (χ3n) is 8.09. The molecule has 2 N–H and O–H groups in total. The van der Waals surface area contributed by atoms with Crippen molar-refractivity contribution in [2.24, 2.45) is 0 Å². The van der Waals surface area contributed by atoms with Crippen molar-refractivity contribution in [2.45, 2.75) is 161 Å². The predicted molar refractivity (Wildman–Crippen MR) is 225 cm³/mol. The van der Waals surface area contributed by atoms with E-state index in [-0.39, 0.29) is 19.4 Å². The SMILES string of the molecule is CC/C=C/C/C=C/C/C=C/C/C=C/CCCCC(=O)OC[C@H](COP(=O)(O)O)OC(=O)CCC/C=C/C/C=C/C/C=C/C/C=C/CCCCCCCCC. The number of allylic oxidation sites excluding steroid dienone is 16. The molecule has 0 aromatic heterocycles. The lowest BCUT2D eigenvalue weighted by Gasteiger charge is -2.18. The van der Waals surface area contributed by atoms with E-state index < -0.39 is 32.5 Å². The number of ether oxygens (including phenoxy) is 2. The summed E-state index contributed by atoms with van der Waals surface area (Å²) in [5.74, 6) is -1.01. The molecule has 0 amide bonds. The van der Waals surface area contributed by atoms with Gasteiger partial charge in [0.2, 0.25) is 0 Å². The van der Waals surface area contributed by atoms with Crippen LogP contribution in [0.2, 0.25) is 0 Å². The van der Waals surface area contributed by atoms with Crippen molar-refractivity contribution in [1.82, 2.24) is 0 Å². The van der Waals surface area contributed by atoms with Crippen molar-refractivity contribution in [3.05, 3.63) is 97.2 Å². The van der Waals surface area contributed by atoms with Crippen molar-refractivity contribution < 1.29 is 37.9 Å². The van der Waals surface area contributed by atoms with E-state index >= 15 is 0 Å². The van der Waals surface area contributed by atoms with Gasteiger partial charge in [0.1, 0.15) is 6.61 Å². The Kier molecular flexibility index (Phi) is 37.4. The Morgan fingerprint density at radius 1 is 0.500 bits per heavy atom. The van der Waals surface area contributed by atoms with Gasteiger partial charge in [0.25, 0.3) is 0 Å². The molecule has 0 saturated carbocycles. The largest absolute Gasteiger partial charge is 0.469 e. The quantitative estimate of drug-likeness (QED) is 0.0280. The molecular formula is C45H73O8P. The van der Waals surface area contributed by atoms with E-state index in [1.54, 1.807) is 0 Å². The number of carbonyl (C=O) groups is 2. The summed E-state index contributed by atoms with van der Waals surface area (Å²) >= 11 is 0. The highest BCUT2D eigenvalue weighted by Gasteiger charge is 2.22. The Bertz CT molecular complexity index is 1190. The monoisotopic (exact) mass is 773 g/mol. The first-order chi connectivity index (χ1) is 26.3. The minimum Gasteiger partial charge on any atom is -0.462 e. The van der Waals surface area contributed by atoms with Crippen molar-refractivity contribution >= 4 is 19.8 Å². The number of rotatable bonds is 36. The van der Waals surface area contributed by atoms with Crippen molar-refractivity contribution in [3.8, 4) is 0 Å². The summed E-state index contributed by atoms with van der Waals surface area (Å²) in [5.41, 5.74) is 0. The third-order valence-corrected chi connectivity index (χ3v) is 8.57. The molecule has 1 atom stereocenters. The Morgan fingerprint density at radius 2 is 0.907 bits per heavy atom. The van der Waals surface area contributed by atoms with E-state index in [9.17, 15) is 14.2 Å². The standard InChI is InChI=1S/C45H73O8P/c1-3-5-7-9-11-13-15-17-19-20-21-22-23-24-26-28-30-32-34-36-38-40-45(47)53-43(42-52-54(48,49)50)41-51-44(46)39-37-35-33-31-29-27-25-18-16-14-12-10-8-6-4-2/h6,8,12,14,18-20,22-23,25-26,28-29,31-32,34,43H,3-5,7,9-11,13,15-17,21,24,27,30,33,35-42H2,1-2H3,(H2,48,49,50)/b8-6+,14-12+,20-19+,23-22+,25-18+,28-26+,31-29+,34-32+/t43-/m1/s1. The molecule has 8 nitrogen and oxygen atoms in total. The first-order valence-electron chi connectivity index (χ1n) is 20.5. The molecule has 0 aliphatic rings. The fourth-order valence-corrected chi connectivity index (χ4v) is 5.42. The Labute approximate surface area is 328 Å². The molecule has 0 unspecified atom stereocenters. The smallest absolute Gasteiger partial charge is 0.462 e. The molecular weight excluding hydrogens is 699 g/mol. The zero-order chi connectivity index (χ0) is 39.6. The van der Waals surface area contributed by atoms with Gasteiger partial charge in [0.15, 0.2) is 6.10 Å². The van der Waals surface area contributed by atoms with E-state index in [1.807, 2.05) is 6.08 Å². The van der Waals surface area contributed by atoms with Crippen molar-refractivity contribution in [3.63, 3.8) is 0 Å². The van der Waals surface area contributed by atoms with E-state index in [2.05, 4.69) is 110 Å². The number of esters is 2. The molecule has 54 heavy (non-hydrogen) atoms. The van der Waals surface area contributed by atoms with Gasteiger partial charge in [-0.1, -0.05) is 150 Å². The van der Waals surface area contributed by atoms with Gasteiger partial charge in [0.05, 0.1) is 6.61 Å². The van der Waals surface area contributed by atoms with E-state index in [0.29, 0.717) is 19.3 Å². The Balaban J connectivity index is 4.12. The molecule has 0 aromatic rings. The highest BCUT2D eigenvalue weighted by Crippen LogP contribution is 2.36. The fraction of sp³-hybridized carbons (Fsp3) is 0.600. The molecule has 0 aliphatic heterocycles. The van der Waals surface area contributed by atoms with Crippen LogP contribution in [0.5, 0.6) is 0 Å². The molecule has 0 aliphatic carbocycles. The topological polar surface area (TPSA) is 119 Å². The molecule has 0 aromatic carbocycles. The first kappa shape index (κ1) is 51.0. The number of hydrogen-bond donors (Lipinski definition) is 2. The van der Waals surface area contributed by atoms with Gasteiger partial charge in [-0.25, -0.2) is 4.57 Å². The summed E-state index contributed by atoms with van der Waals surface area (Å²) in [6, 6.07) is 0. The maximum Gasteiger partial charge on any atom is 0.469 e. The summed E-state index contributed by atoms with van der Waals surface area (Å²) in [5, 5.41) is 0. The predicted octanol–water partition coefficient (Wildman–Crippen LogP) is 12.6. The zero-order valence-corrected chi connectivity index (χ0v) is 34.5. The van der Waals surface area contributed by atoms with Gasteiger partial charge in [-0.2, -0.15) is 0 Å². The second-order valence-electron chi connectivity index (χ2n) is 13.2. The number of phosphoric ester groups is 1. The average Bonchev–Trinajstić information content (AvgIpc) is 3.14. The lowest BCUT2D eigenvalue weighted by atomic mass is 10.1. The highest BCUT2D eigenvalue weighted by molar-refractivity contribution is 7.46. The van der Waals surface area contributed by atoms with Crippen LogP contribution in [0.3, 0.4) is 0 Å². The molecule has 306 valence electrons. The summed E-state index contributed by atoms with van der Waals surface area (Å²) in [7, 11) is -4.78. The molecule has 0 rings (SSSR count). The summed E-state index contributed by atoms with van der Waals surface area (Å²) in [6.45, 7) is 3.47. The van der Waals surface area contributed by atoms with Crippen LogP contribution in [-0.2, 0) is 28.2 Å². The average molecular weight is 773 g/mol. The van der Waals surface area contributed by atoms with E-state index in [4.69, 9.17) is 19.3 Å². The molecule has 0 saturated heterocycles. The normalized spacial score (nSPS) is 13.5. The maximum absolute atomic E-state index is 12.4. The second-order valence-corrected chi connectivity index (χ2v) is 14.5. The molecule has 9 heteroatoms. The van der Waals surface area contributed by atoms with Crippen molar-refractivity contribution in [2.75, 3.05) is 13.2 Å². The van der Waals surface area contributed by atoms with Crippen LogP contribution in [-0.4, -0.2) is 41.0 Å². The highest BCUT2D eigenvalue weighted by atomic mass is 31.2. The van der Waals surface area contributed by atoms with Gasteiger partial charge in [-0.05, 0) is 89.9 Å².